The third kappa shape index (κ3) is 5.71. The Morgan fingerprint density at radius 3 is 2.37 bits per heavy atom. The Morgan fingerprint density at radius 1 is 1.20 bits per heavy atom. The molecule has 1 aromatic rings. The van der Waals surface area contributed by atoms with Crippen molar-refractivity contribution in [3.8, 4) is 5.75 Å². The molecule has 166 valence electrons. The fourth-order valence-corrected chi connectivity index (χ4v) is 3.51. The molecule has 0 aromatic heterocycles. The number of halogens is 3. The highest BCUT2D eigenvalue weighted by atomic mass is 19.4. The summed E-state index contributed by atoms with van der Waals surface area (Å²) < 4.78 is 46.1. The topological polar surface area (TPSA) is 108 Å². The Labute approximate surface area is 172 Å². The van der Waals surface area contributed by atoms with Gasteiger partial charge in [0.05, 0.1) is 13.2 Å². The van der Waals surface area contributed by atoms with E-state index in [2.05, 4.69) is 10.1 Å². The molecule has 3 N–H and O–H groups in total. The number of carbonyl (C=O) groups excluding carboxylic acids is 3. The number of nitrogens with one attached hydrogen (secondary N) is 1. The number of hydrogen-bond donors (Lipinski definition) is 2. The van der Waals surface area contributed by atoms with Gasteiger partial charge in [-0.15, -0.1) is 0 Å². The van der Waals surface area contributed by atoms with Crippen LogP contribution in [0.2, 0.25) is 0 Å². The van der Waals surface area contributed by atoms with Gasteiger partial charge >= 0.3 is 18.1 Å². The van der Waals surface area contributed by atoms with Crippen molar-refractivity contribution in [3.63, 3.8) is 0 Å². The largest absolute Gasteiger partial charge is 0.491 e. The van der Waals surface area contributed by atoms with Gasteiger partial charge in [-0.25, -0.2) is 9.59 Å². The molecule has 30 heavy (non-hydrogen) atoms. The Bertz CT molecular complexity index is 804. The molecule has 1 atom stereocenters. The van der Waals surface area contributed by atoms with Crippen molar-refractivity contribution in [2.24, 2.45) is 5.73 Å². The first-order valence-corrected chi connectivity index (χ1v) is 9.53. The van der Waals surface area contributed by atoms with Crippen LogP contribution in [-0.4, -0.2) is 42.7 Å². The van der Waals surface area contributed by atoms with Crippen molar-refractivity contribution in [1.29, 1.82) is 0 Å². The van der Waals surface area contributed by atoms with Crippen molar-refractivity contribution in [1.82, 2.24) is 5.32 Å². The number of benzene rings is 1. The normalized spacial score (nSPS) is 17.0. The molecule has 0 spiro atoms. The minimum atomic E-state index is -5.10. The maximum absolute atomic E-state index is 12.6. The molecule has 0 heterocycles. The van der Waals surface area contributed by atoms with E-state index in [1.807, 2.05) is 0 Å². The molecule has 0 aliphatic heterocycles. The van der Waals surface area contributed by atoms with Gasteiger partial charge in [0, 0.05) is 0 Å². The SMILES string of the molecule is COC(=O)C1(NC(=O)[C@@H](N)Cc2ccc(OC(=O)C(F)(F)F)cc2C)CCCCC1. The number of esters is 2. The van der Waals surface area contributed by atoms with E-state index in [-0.39, 0.29) is 12.2 Å². The second-order valence-corrected chi connectivity index (χ2v) is 7.41. The zero-order valence-electron chi connectivity index (χ0n) is 16.8. The van der Waals surface area contributed by atoms with Crippen LogP contribution in [0.4, 0.5) is 13.2 Å². The van der Waals surface area contributed by atoms with E-state index in [0.717, 1.165) is 19.3 Å². The van der Waals surface area contributed by atoms with Crippen LogP contribution >= 0.6 is 0 Å². The van der Waals surface area contributed by atoms with E-state index in [9.17, 15) is 27.6 Å². The lowest BCUT2D eigenvalue weighted by Gasteiger charge is -2.36. The van der Waals surface area contributed by atoms with Crippen LogP contribution in [0, 0.1) is 6.92 Å². The molecule has 0 unspecified atom stereocenters. The van der Waals surface area contributed by atoms with Crippen molar-refractivity contribution in [2.75, 3.05) is 7.11 Å². The molecule has 0 saturated heterocycles. The zero-order chi connectivity index (χ0) is 22.5. The summed E-state index contributed by atoms with van der Waals surface area (Å²) in [4.78, 5) is 35.8. The van der Waals surface area contributed by atoms with E-state index in [1.165, 1.54) is 25.3 Å². The third-order valence-corrected chi connectivity index (χ3v) is 5.18. The predicted molar refractivity (Wildman–Crippen MR) is 101 cm³/mol. The van der Waals surface area contributed by atoms with Gasteiger partial charge in [-0.3, -0.25) is 4.79 Å². The Hall–Kier alpha value is -2.62. The predicted octanol–water partition coefficient (Wildman–Crippen LogP) is 2.32. The lowest BCUT2D eigenvalue weighted by atomic mass is 9.81. The fourth-order valence-electron chi connectivity index (χ4n) is 3.51. The summed E-state index contributed by atoms with van der Waals surface area (Å²) in [6, 6.07) is 2.92. The van der Waals surface area contributed by atoms with Gasteiger partial charge < -0.3 is 20.5 Å². The highest BCUT2D eigenvalue weighted by Gasteiger charge is 2.43. The number of methoxy groups -OCH3 is 1. The summed E-state index contributed by atoms with van der Waals surface area (Å²) in [5, 5.41) is 2.74. The number of carbonyl (C=O) groups is 3. The van der Waals surface area contributed by atoms with Crippen LogP contribution in [-0.2, 0) is 25.5 Å². The quantitative estimate of drug-likeness (QED) is 0.530. The van der Waals surface area contributed by atoms with E-state index < -0.39 is 35.6 Å². The Kier molecular flexibility index (Phi) is 7.46. The monoisotopic (exact) mass is 430 g/mol. The number of ether oxygens (including phenoxy) is 2. The highest BCUT2D eigenvalue weighted by molar-refractivity contribution is 5.90. The summed E-state index contributed by atoms with van der Waals surface area (Å²) >= 11 is 0. The van der Waals surface area contributed by atoms with Crippen LogP contribution < -0.4 is 15.8 Å². The molecule has 7 nitrogen and oxygen atoms in total. The van der Waals surface area contributed by atoms with E-state index >= 15 is 0 Å². The molecule has 10 heteroatoms. The summed E-state index contributed by atoms with van der Waals surface area (Å²) in [6.07, 6.45) is -1.55. The number of hydrogen-bond acceptors (Lipinski definition) is 6. The number of nitrogens with two attached hydrogens (primary N) is 1. The molecule has 1 aliphatic rings. The molecular formula is C20H25F3N2O5. The summed E-state index contributed by atoms with van der Waals surface area (Å²) in [6.45, 7) is 1.60. The maximum Gasteiger partial charge on any atom is 0.491 e. The second-order valence-electron chi connectivity index (χ2n) is 7.41. The molecule has 0 radical (unpaired) electrons. The summed E-state index contributed by atoms with van der Waals surface area (Å²) in [5.41, 5.74) is 6.03. The van der Waals surface area contributed by atoms with Crippen LogP contribution in [0.3, 0.4) is 0 Å². The van der Waals surface area contributed by atoms with Gasteiger partial charge in [0.15, 0.2) is 0 Å². The van der Waals surface area contributed by atoms with Gasteiger partial charge in [-0.1, -0.05) is 25.3 Å². The summed E-state index contributed by atoms with van der Waals surface area (Å²) in [5.74, 6) is -3.60. The average molecular weight is 430 g/mol. The molecule has 1 amide bonds. The maximum atomic E-state index is 12.6. The molecule has 2 rings (SSSR count). The first kappa shape index (κ1) is 23.7. The second kappa shape index (κ2) is 9.46. The number of rotatable bonds is 6. The van der Waals surface area contributed by atoms with Crippen molar-refractivity contribution in [2.45, 2.75) is 63.2 Å². The third-order valence-electron chi connectivity index (χ3n) is 5.18. The average Bonchev–Trinajstić information content (AvgIpc) is 2.69. The molecule has 1 aliphatic carbocycles. The van der Waals surface area contributed by atoms with Gasteiger partial charge in [0.1, 0.15) is 11.3 Å². The van der Waals surface area contributed by atoms with Gasteiger partial charge in [0.2, 0.25) is 5.91 Å². The Balaban J connectivity index is 2.05. The smallest absolute Gasteiger partial charge is 0.467 e. The van der Waals surface area contributed by atoms with Crippen LogP contribution in [0.5, 0.6) is 5.75 Å². The zero-order valence-corrected chi connectivity index (χ0v) is 16.8. The van der Waals surface area contributed by atoms with Crippen molar-refractivity contribution in [3.05, 3.63) is 29.3 Å². The lowest BCUT2D eigenvalue weighted by molar-refractivity contribution is -0.189. The number of amides is 1. The van der Waals surface area contributed by atoms with E-state index in [0.29, 0.717) is 24.0 Å². The lowest BCUT2D eigenvalue weighted by Crippen LogP contribution is -2.59. The van der Waals surface area contributed by atoms with Gasteiger partial charge in [-0.05, 0) is 49.4 Å². The molecule has 0 bridgehead atoms. The van der Waals surface area contributed by atoms with Crippen molar-refractivity contribution >= 4 is 17.8 Å². The molecule has 1 aromatic carbocycles. The number of aryl methyl sites for hydroxylation is 1. The van der Waals surface area contributed by atoms with Gasteiger partial charge in [-0.2, -0.15) is 13.2 Å². The first-order valence-electron chi connectivity index (χ1n) is 9.53. The van der Waals surface area contributed by atoms with Gasteiger partial charge in [0.25, 0.3) is 0 Å². The molecular weight excluding hydrogens is 405 g/mol. The Morgan fingerprint density at radius 2 is 1.83 bits per heavy atom. The fraction of sp³-hybridized carbons (Fsp3) is 0.550. The van der Waals surface area contributed by atoms with Crippen LogP contribution in [0.1, 0.15) is 43.2 Å². The van der Waals surface area contributed by atoms with E-state index in [4.69, 9.17) is 10.5 Å². The summed E-state index contributed by atoms with van der Waals surface area (Å²) in [7, 11) is 1.27. The van der Waals surface area contributed by atoms with Crippen molar-refractivity contribution < 1.29 is 37.0 Å². The standard InChI is InChI=1S/C20H25F3N2O5/c1-12-10-14(30-18(28)20(21,22)23)7-6-13(12)11-15(24)16(26)25-19(17(27)29-2)8-4-3-5-9-19/h6-7,10,15H,3-5,8-9,11,24H2,1-2H3,(H,25,26)/t15-/m0/s1. The number of alkyl halides is 3. The van der Waals surface area contributed by atoms with E-state index in [1.54, 1.807) is 6.92 Å². The first-order chi connectivity index (χ1) is 14.0. The minimum absolute atomic E-state index is 0.0857. The van der Waals surface area contributed by atoms with Crippen LogP contribution in [0.15, 0.2) is 18.2 Å². The molecule has 1 fully saturated rings. The van der Waals surface area contributed by atoms with Crippen LogP contribution in [0.25, 0.3) is 0 Å². The minimum Gasteiger partial charge on any atom is -0.467 e. The highest BCUT2D eigenvalue weighted by Crippen LogP contribution is 2.29. The molecule has 1 saturated carbocycles.